The smallest absolute Gasteiger partial charge is 0.347 e. The molecule has 3 aromatic rings. The number of ether oxygens (including phenoxy) is 2. The summed E-state index contributed by atoms with van der Waals surface area (Å²) < 4.78 is 10.5. The van der Waals surface area contributed by atoms with Gasteiger partial charge in [-0.15, -0.1) is 0 Å². The molecule has 1 amide bonds. The van der Waals surface area contributed by atoms with Gasteiger partial charge in [0.1, 0.15) is 17.1 Å². The van der Waals surface area contributed by atoms with Gasteiger partial charge < -0.3 is 9.47 Å². The topological polar surface area (TPSA) is 77.0 Å². The zero-order valence-electron chi connectivity index (χ0n) is 15.2. The van der Waals surface area contributed by atoms with E-state index in [4.69, 9.17) is 9.47 Å². The summed E-state index contributed by atoms with van der Waals surface area (Å²) in [5.74, 6) is 0.0417. The number of hydrazone groups is 1. The van der Waals surface area contributed by atoms with Crippen molar-refractivity contribution in [2.75, 3.05) is 7.11 Å². The second-order valence-electron chi connectivity index (χ2n) is 5.72. The van der Waals surface area contributed by atoms with E-state index in [1.807, 2.05) is 6.07 Å². The van der Waals surface area contributed by atoms with E-state index in [0.29, 0.717) is 22.6 Å². The highest BCUT2D eigenvalue weighted by Crippen LogP contribution is 2.20. The lowest BCUT2D eigenvalue weighted by atomic mass is 10.2. The summed E-state index contributed by atoms with van der Waals surface area (Å²) in [5.41, 5.74) is 4.07. The molecular formula is C22H18N2O4. The van der Waals surface area contributed by atoms with Gasteiger partial charge >= 0.3 is 5.97 Å². The van der Waals surface area contributed by atoms with E-state index < -0.39 is 5.97 Å². The normalized spacial score (nSPS) is 10.5. The summed E-state index contributed by atoms with van der Waals surface area (Å²) in [6, 6.07) is 22.4. The quantitative estimate of drug-likeness (QED) is 0.309. The Hall–Kier alpha value is -3.93. The van der Waals surface area contributed by atoms with E-state index in [2.05, 4.69) is 10.5 Å². The highest BCUT2D eigenvalue weighted by atomic mass is 16.5. The fourth-order valence-corrected chi connectivity index (χ4v) is 2.42. The Bertz CT molecular complexity index is 983. The summed E-state index contributed by atoms with van der Waals surface area (Å²) in [4.78, 5) is 24.2. The number of carbonyl (C=O) groups excluding carboxylic acids is 2. The Morgan fingerprint density at radius 1 is 0.893 bits per heavy atom. The molecule has 0 aliphatic carbocycles. The number of hydrogen-bond donors (Lipinski definition) is 1. The number of nitrogens with zero attached hydrogens (tertiary/aromatic N) is 1. The average Bonchev–Trinajstić information content (AvgIpc) is 2.75. The SMILES string of the molecule is COc1ccccc1C(=O)Oc1ccc(C=NNC(=O)c2ccccc2)cc1. The van der Waals surface area contributed by atoms with Gasteiger partial charge in [-0.05, 0) is 54.1 Å². The molecule has 3 aromatic carbocycles. The van der Waals surface area contributed by atoms with Gasteiger partial charge in [-0.1, -0.05) is 30.3 Å². The van der Waals surface area contributed by atoms with E-state index in [1.54, 1.807) is 72.8 Å². The molecular weight excluding hydrogens is 356 g/mol. The molecule has 28 heavy (non-hydrogen) atoms. The van der Waals surface area contributed by atoms with Crippen LogP contribution in [0.5, 0.6) is 11.5 Å². The van der Waals surface area contributed by atoms with Crippen LogP contribution in [0.3, 0.4) is 0 Å². The molecule has 3 rings (SSSR count). The minimum Gasteiger partial charge on any atom is -0.496 e. The third-order valence-electron chi connectivity index (χ3n) is 3.83. The number of para-hydroxylation sites is 1. The molecule has 140 valence electrons. The Morgan fingerprint density at radius 2 is 1.57 bits per heavy atom. The van der Waals surface area contributed by atoms with E-state index in [-0.39, 0.29) is 5.91 Å². The summed E-state index contributed by atoms with van der Waals surface area (Å²) >= 11 is 0. The Morgan fingerprint density at radius 3 is 2.29 bits per heavy atom. The largest absolute Gasteiger partial charge is 0.496 e. The Kier molecular flexibility index (Phi) is 6.15. The zero-order chi connectivity index (χ0) is 19.8. The highest BCUT2D eigenvalue weighted by molar-refractivity contribution is 5.95. The summed E-state index contributed by atoms with van der Waals surface area (Å²) in [6.07, 6.45) is 1.51. The molecule has 6 heteroatoms. The maximum Gasteiger partial charge on any atom is 0.347 e. The third-order valence-corrected chi connectivity index (χ3v) is 3.83. The first-order valence-corrected chi connectivity index (χ1v) is 8.51. The number of amides is 1. The van der Waals surface area contributed by atoms with Crippen LogP contribution in [0.15, 0.2) is 84.0 Å². The van der Waals surface area contributed by atoms with Crippen molar-refractivity contribution in [2.24, 2.45) is 5.10 Å². The van der Waals surface area contributed by atoms with Crippen LogP contribution in [-0.2, 0) is 0 Å². The van der Waals surface area contributed by atoms with Crippen molar-refractivity contribution in [2.45, 2.75) is 0 Å². The van der Waals surface area contributed by atoms with Gasteiger partial charge in [0.15, 0.2) is 0 Å². The second kappa shape index (κ2) is 9.14. The number of rotatable bonds is 6. The fraction of sp³-hybridized carbons (Fsp3) is 0.0455. The van der Waals surface area contributed by atoms with Gasteiger partial charge in [0.2, 0.25) is 0 Å². The van der Waals surface area contributed by atoms with E-state index >= 15 is 0 Å². The van der Waals surface area contributed by atoms with Crippen LogP contribution in [-0.4, -0.2) is 25.2 Å². The maximum atomic E-state index is 12.3. The van der Waals surface area contributed by atoms with Crippen LogP contribution in [0.4, 0.5) is 0 Å². The molecule has 0 saturated carbocycles. The molecule has 0 aliphatic rings. The number of esters is 1. The lowest BCUT2D eigenvalue weighted by Crippen LogP contribution is -2.17. The maximum absolute atomic E-state index is 12.3. The van der Waals surface area contributed by atoms with Gasteiger partial charge in [-0.2, -0.15) is 5.10 Å². The predicted molar refractivity (Wildman–Crippen MR) is 106 cm³/mol. The van der Waals surface area contributed by atoms with Crippen molar-refractivity contribution < 1.29 is 19.1 Å². The molecule has 0 spiro atoms. The Balaban J connectivity index is 1.59. The standard InChI is InChI=1S/C22H18N2O4/c1-27-20-10-6-5-9-19(20)22(26)28-18-13-11-16(12-14-18)15-23-24-21(25)17-7-3-2-4-8-17/h2-15H,1H3,(H,24,25). The molecule has 0 atom stereocenters. The van der Waals surface area contributed by atoms with E-state index in [0.717, 1.165) is 5.56 Å². The predicted octanol–water partition coefficient (Wildman–Crippen LogP) is 3.68. The first-order valence-electron chi connectivity index (χ1n) is 8.51. The minimum absolute atomic E-state index is 0.292. The zero-order valence-corrected chi connectivity index (χ0v) is 15.2. The molecule has 1 N–H and O–H groups in total. The number of benzene rings is 3. The third kappa shape index (κ3) is 4.82. The molecule has 0 aromatic heterocycles. The molecule has 0 bridgehead atoms. The van der Waals surface area contributed by atoms with Crippen molar-refractivity contribution in [1.29, 1.82) is 0 Å². The molecule has 0 fully saturated rings. The lowest BCUT2D eigenvalue weighted by molar-refractivity contribution is 0.0731. The van der Waals surface area contributed by atoms with Crippen molar-refractivity contribution in [1.82, 2.24) is 5.43 Å². The summed E-state index contributed by atoms with van der Waals surface area (Å²) in [7, 11) is 1.50. The van der Waals surface area contributed by atoms with Gasteiger partial charge in [0, 0.05) is 5.56 Å². The molecule has 0 radical (unpaired) electrons. The summed E-state index contributed by atoms with van der Waals surface area (Å²) in [6.45, 7) is 0. The number of nitrogens with one attached hydrogen (secondary N) is 1. The van der Waals surface area contributed by atoms with Crippen molar-refractivity contribution in [3.8, 4) is 11.5 Å². The number of carbonyl (C=O) groups is 2. The monoisotopic (exact) mass is 374 g/mol. The van der Waals surface area contributed by atoms with Gasteiger partial charge in [-0.3, -0.25) is 4.79 Å². The molecule has 0 saturated heterocycles. The first kappa shape index (κ1) is 18.8. The van der Waals surface area contributed by atoms with Crippen LogP contribution < -0.4 is 14.9 Å². The van der Waals surface area contributed by atoms with Crippen LogP contribution >= 0.6 is 0 Å². The van der Waals surface area contributed by atoms with Gasteiger partial charge in [-0.25, -0.2) is 10.2 Å². The van der Waals surface area contributed by atoms with Crippen LogP contribution in [0.1, 0.15) is 26.3 Å². The van der Waals surface area contributed by atoms with Crippen molar-refractivity contribution in [3.05, 3.63) is 95.6 Å². The van der Waals surface area contributed by atoms with E-state index in [1.165, 1.54) is 13.3 Å². The van der Waals surface area contributed by atoms with Crippen LogP contribution in [0, 0.1) is 0 Å². The average molecular weight is 374 g/mol. The first-order chi connectivity index (χ1) is 13.7. The number of methoxy groups -OCH3 is 1. The number of hydrogen-bond acceptors (Lipinski definition) is 5. The van der Waals surface area contributed by atoms with E-state index in [9.17, 15) is 9.59 Å². The Labute approximate surface area is 162 Å². The molecule has 0 heterocycles. The lowest BCUT2D eigenvalue weighted by Gasteiger charge is -2.08. The second-order valence-corrected chi connectivity index (χ2v) is 5.72. The molecule has 6 nitrogen and oxygen atoms in total. The molecule has 0 unspecified atom stereocenters. The van der Waals surface area contributed by atoms with Crippen LogP contribution in [0.25, 0.3) is 0 Å². The fourth-order valence-electron chi connectivity index (χ4n) is 2.42. The van der Waals surface area contributed by atoms with Gasteiger partial charge in [0.25, 0.3) is 5.91 Å². The van der Waals surface area contributed by atoms with Crippen molar-refractivity contribution >= 4 is 18.1 Å². The van der Waals surface area contributed by atoms with Crippen molar-refractivity contribution in [3.63, 3.8) is 0 Å². The molecule has 0 aliphatic heterocycles. The van der Waals surface area contributed by atoms with Gasteiger partial charge in [0.05, 0.1) is 13.3 Å². The summed E-state index contributed by atoms with van der Waals surface area (Å²) in [5, 5.41) is 3.93. The highest BCUT2D eigenvalue weighted by Gasteiger charge is 2.13. The minimum atomic E-state index is -0.506. The van der Waals surface area contributed by atoms with Crippen LogP contribution in [0.2, 0.25) is 0 Å².